The minimum absolute atomic E-state index is 0.220. The third-order valence-electron chi connectivity index (χ3n) is 2.20. The predicted octanol–water partition coefficient (Wildman–Crippen LogP) is 0.444. The van der Waals surface area contributed by atoms with Crippen LogP contribution < -0.4 is 10.6 Å². The van der Waals surface area contributed by atoms with Crippen LogP contribution in [0.5, 0.6) is 0 Å². The van der Waals surface area contributed by atoms with Crippen molar-refractivity contribution in [2.24, 2.45) is 0 Å². The molecule has 0 aromatic rings. The van der Waals surface area contributed by atoms with E-state index < -0.39 is 30.1 Å². The van der Waals surface area contributed by atoms with Crippen LogP contribution >= 0.6 is 11.8 Å². The molecule has 0 spiro atoms. The van der Waals surface area contributed by atoms with Crippen LogP contribution in [0.15, 0.2) is 0 Å². The molecule has 0 saturated carbocycles. The molecule has 0 aromatic carbocycles. The van der Waals surface area contributed by atoms with E-state index in [-0.39, 0.29) is 6.61 Å². The van der Waals surface area contributed by atoms with E-state index in [9.17, 15) is 14.4 Å². The first-order valence-corrected chi connectivity index (χ1v) is 7.27. The van der Waals surface area contributed by atoms with Gasteiger partial charge >= 0.3 is 18.0 Å². The summed E-state index contributed by atoms with van der Waals surface area (Å²) in [5.74, 6) is -1.05. The van der Waals surface area contributed by atoms with E-state index >= 15 is 0 Å². The molecule has 0 fully saturated rings. The van der Waals surface area contributed by atoms with Crippen LogP contribution in [0.1, 0.15) is 20.3 Å². The normalized spacial score (nSPS) is 13.2. The molecule has 110 valence electrons. The smallest absolute Gasteiger partial charge is 0.328 e. The van der Waals surface area contributed by atoms with Crippen molar-refractivity contribution in [1.82, 2.24) is 10.6 Å². The number of urea groups is 1. The lowest BCUT2D eigenvalue weighted by molar-refractivity contribution is -0.144. The monoisotopic (exact) mass is 292 g/mol. The van der Waals surface area contributed by atoms with Gasteiger partial charge in [0, 0.05) is 0 Å². The lowest BCUT2D eigenvalue weighted by atomic mass is 10.2. The second-order valence-corrected chi connectivity index (χ2v) is 4.75. The number of nitrogens with one attached hydrogen (secondary N) is 2. The fraction of sp³-hybridized carbons (Fsp3) is 0.727. The van der Waals surface area contributed by atoms with Crippen molar-refractivity contribution in [3.63, 3.8) is 0 Å². The van der Waals surface area contributed by atoms with E-state index in [1.54, 1.807) is 6.92 Å². The molecule has 0 aliphatic heterocycles. The Morgan fingerprint density at radius 1 is 1.32 bits per heavy atom. The topological polar surface area (TPSA) is 105 Å². The number of carbonyl (C=O) groups is 3. The maximum atomic E-state index is 11.5. The van der Waals surface area contributed by atoms with E-state index in [0.29, 0.717) is 12.2 Å². The minimum atomic E-state index is -1.10. The Bertz CT molecular complexity index is 324. The van der Waals surface area contributed by atoms with Gasteiger partial charge in [-0.15, -0.1) is 0 Å². The van der Waals surface area contributed by atoms with Crippen LogP contribution in [0.25, 0.3) is 0 Å². The van der Waals surface area contributed by atoms with Crippen molar-refractivity contribution in [2.75, 3.05) is 18.6 Å². The van der Waals surface area contributed by atoms with E-state index in [0.717, 1.165) is 0 Å². The van der Waals surface area contributed by atoms with Crippen molar-refractivity contribution < 1.29 is 24.2 Å². The zero-order chi connectivity index (χ0) is 14.8. The number of ether oxygens (including phenoxy) is 1. The molecule has 0 bridgehead atoms. The summed E-state index contributed by atoms with van der Waals surface area (Å²) in [6.45, 7) is 3.35. The van der Waals surface area contributed by atoms with Crippen molar-refractivity contribution in [3.05, 3.63) is 0 Å². The van der Waals surface area contributed by atoms with Gasteiger partial charge in [-0.25, -0.2) is 14.4 Å². The predicted molar refractivity (Wildman–Crippen MR) is 72.2 cm³/mol. The lowest BCUT2D eigenvalue weighted by Crippen LogP contribution is -2.50. The van der Waals surface area contributed by atoms with Gasteiger partial charge in [0.1, 0.15) is 12.1 Å². The van der Waals surface area contributed by atoms with Crippen LogP contribution in [-0.4, -0.2) is 53.8 Å². The Morgan fingerprint density at radius 3 is 2.42 bits per heavy atom. The molecule has 0 rings (SSSR count). The maximum absolute atomic E-state index is 11.5. The number of carboxylic acid groups (broad SMARTS) is 1. The Morgan fingerprint density at radius 2 is 1.95 bits per heavy atom. The zero-order valence-corrected chi connectivity index (χ0v) is 12.1. The molecular weight excluding hydrogens is 272 g/mol. The summed E-state index contributed by atoms with van der Waals surface area (Å²) in [6, 6.07) is -2.49. The molecule has 2 amide bonds. The summed E-state index contributed by atoms with van der Waals surface area (Å²) >= 11 is 1.49. The largest absolute Gasteiger partial charge is 0.480 e. The molecule has 0 radical (unpaired) electrons. The highest BCUT2D eigenvalue weighted by Crippen LogP contribution is 2.01. The standard InChI is InChI=1S/C11H20N2O5S/c1-4-18-10(16)7(2)12-11(17)13-8(9(14)15)5-6-19-3/h7-8H,4-6H2,1-3H3,(H,14,15)(H2,12,13,17)/t7?,8-/m1/s1. The van der Waals surface area contributed by atoms with Gasteiger partial charge in [-0.2, -0.15) is 11.8 Å². The fourth-order valence-corrected chi connectivity index (χ4v) is 1.69. The van der Waals surface area contributed by atoms with Crippen LogP contribution in [0.3, 0.4) is 0 Å². The number of carboxylic acids is 1. The van der Waals surface area contributed by atoms with Crippen LogP contribution in [-0.2, 0) is 14.3 Å². The first-order chi connectivity index (χ1) is 8.92. The highest BCUT2D eigenvalue weighted by atomic mass is 32.2. The van der Waals surface area contributed by atoms with Crippen LogP contribution in [0.2, 0.25) is 0 Å². The number of amides is 2. The van der Waals surface area contributed by atoms with E-state index in [1.807, 2.05) is 6.26 Å². The number of aliphatic carboxylic acids is 1. The molecule has 1 unspecified atom stereocenters. The van der Waals surface area contributed by atoms with Gasteiger partial charge in [-0.05, 0) is 32.3 Å². The average molecular weight is 292 g/mol. The average Bonchev–Trinajstić information content (AvgIpc) is 2.34. The number of carbonyl (C=O) groups excluding carboxylic acids is 2. The van der Waals surface area contributed by atoms with Crippen LogP contribution in [0, 0.1) is 0 Å². The number of thioether (sulfide) groups is 1. The molecule has 0 aromatic heterocycles. The molecule has 3 N–H and O–H groups in total. The van der Waals surface area contributed by atoms with Crippen LogP contribution in [0.4, 0.5) is 4.79 Å². The summed E-state index contributed by atoms with van der Waals surface area (Å²) in [6.07, 6.45) is 2.17. The van der Waals surface area contributed by atoms with Crippen molar-refractivity contribution in [3.8, 4) is 0 Å². The van der Waals surface area contributed by atoms with E-state index in [2.05, 4.69) is 10.6 Å². The van der Waals surface area contributed by atoms with E-state index in [4.69, 9.17) is 9.84 Å². The molecule has 7 nitrogen and oxygen atoms in total. The SMILES string of the molecule is CCOC(=O)C(C)NC(=O)N[C@H](CCSC)C(=O)O. The highest BCUT2D eigenvalue weighted by molar-refractivity contribution is 7.98. The highest BCUT2D eigenvalue weighted by Gasteiger charge is 2.22. The molecule has 0 heterocycles. The summed E-state index contributed by atoms with van der Waals surface area (Å²) in [4.78, 5) is 33.7. The van der Waals surface area contributed by atoms with Crippen molar-refractivity contribution in [2.45, 2.75) is 32.4 Å². The molecule has 8 heteroatoms. The van der Waals surface area contributed by atoms with Gasteiger partial charge in [0.15, 0.2) is 0 Å². The number of esters is 1. The number of rotatable bonds is 8. The molecule has 0 aliphatic rings. The Labute approximate surface area is 116 Å². The summed E-state index contributed by atoms with van der Waals surface area (Å²) in [5.41, 5.74) is 0. The summed E-state index contributed by atoms with van der Waals surface area (Å²) in [5, 5.41) is 13.6. The quantitative estimate of drug-likeness (QED) is 0.561. The first-order valence-electron chi connectivity index (χ1n) is 5.87. The van der Waals surface area contributed by atoms with Gasteiger partial charge in [0.2, 0.25) is 0 Å². The second-order valence-electron chi connectivity index (χ2n) is 3.76. The first kappa shape index (κ1) is 17.6. The number of hydrogen-bond donors (Lipinski definition) is 3. The summed E-state index contributed by atoms with van der Waals surface area (Å²) < 4.78 is 4.72. The van der Waals surface area contributed by atoms with Crippen molar-refractivity contribution in [1.29, 1.82) is 0 Å². The third kappa shape index (κ3) is 7.55. The van der Waals surface area contributed by atoms with E-state index in [1.165, 1.54) is 18.7 Å². The van der Waals surface area contributed by atoms with Crippen molar-refractivity contribution >= 4 is 29.7 Å². The molecule has 19 heavy (non-hydrogen) atoms. The fourth-order valence-electron chi connectivity index (χ4n) is 1.22. The molecule has 0 aliphatic carbocycles. The van der Waals surface area contributed by atoms with Gasteiger partial charge in [-0.1, -0.05) is 0 Å². The van der Waals surface area contributed by atoms with Gasteiger partial charge in [-0.3, -0.25) is 0 Å². The maximum Gasteiger partial charge on any atom is 0.328 e. The lowest BCUT2D eigenvalue weighted by Gasteiger charge is -2.17. The number of hydrogen-bond acceptors (Lipinski definition) is 5. The van der Waals surface area contributed by atoms with Gasteiger partial charge in [0.05, 0.1) is 6.61 Å². The molecule has 2 atom stereocenters. The Balaban J connectivity index is 4.25. The zero-order valence-electron chi connectivity index (χ0n) is 11.3. The summed E-state index contributed by atoms with van der Waals surface area (Å²) in [7, 11) is 0. The Hall–Kier alpha value is -1.44. The second kappa shape index (κ2) is 9.48. The van der Waals surface area contributed by atoms with Gasteiger partial charge in [0.25, 0.3) is 0 Å². The minimum Gasteiger partial charge on any atom is -0.480 e. The van der Waals surface area contributed by atoms with Gasteiger partial charge < -0.3 is 20.5 Å². The molecular formula is C11H20N2O5S. The Kier molecular flexibility index (Phi) is 8.77. The molecule has 0 saturated heterocycles. The third-order valence-corrected chi connectivity index (χ3v) is 2.85.